The van der Waals surface area contributed by atoms with Crippen LogP contribution in [0, 0.1) is 0 Å². The van der Waals surface area contributed by atoms with Crippen LogP contribution in [0.3, 0.4) is 0 Å². The number of alkyl halides is 1. The zero-order chi connectivity index (χ0) is 9.15. The summed E-state index contributed by atoms with van der Waals surface area (Å²) in [6.07, 6.45) is 3.90. The van der Waals surface area contributed by atoms with Crippen molar-refractivity contribution in [3.8, 4) is 0 Å². The van der Waals surface area contributed by atoms with Crippen LogP contribution in [0.4, 0.5) is 0 Å². The Morgan fingerprint density at radius 1 is 1.23 bits per heavy atom. The van der Waals surface area contributed by atoms with Crippen LogP contribution in [-0.2, 0) is 14.2 Å². The summed E-state index contributed by atoms with van der Waals surface area (Å²) < 4.78 is 16.8. The lowest BCUT2D eigenvalue weighted by Crippen LogP contribution is -2.37. The van der Waals surface area contributed by atoms with Gasteiger partial charge in [-0.3, -0.25) is 0 Å². The minimum Gasteiger partial charge on any atom is -0.327 e. The van der Waals surface area contributed by atoms with E-state index in [4.69, 9.17) is 25.8 Å². The second kappa shape index (κ2) is 4.13. The van der Waals surface area contributed by atoms with E-state index in [-0.39, 0.29) is 6.10 Å². The molecule has 2 heterocycles. The van der Waals surface area contributed by atoms with Crippen molar-refractivity contribution in [1.29, 1.82) is 0 Å². The molecule has 1 spiro atoms. The summed E-state index contributed by atoms with van der Waals surface area (Å²) in [6.45, 7) is 1.45. The smallest absolute Gasteiger partial charge is 0.283 e. The first-order valence-electron chi connectivity index (χ1n) is 4.86. The summed E-state index contributed by atoms with van der Waals surface area (Å²) in [4.78, 5) is 0. The molecule has 2 aliphatic rings. The van der Waals surface area contributed by atoms with Gasteiger partial charge in [-0.1, -0.05) is 0 Å². The van der Waals surface area contributed by atoms with Crippen LogP contribution in [0.25, 0.3) is 0 Å². The quantitative estimate of drug-likeness (QED) is 0.614. The predicted molar refractivity (Wildman–Crippen MR) is 48.7 cm³/mol. The van der Waals surface area contributed by atoms with Crippen LogP contribution < -0.4 is 0 Å². The first-order valence-corrected chi connectivity index (χ1v) is 5.40. The number of hydrogen-bond acceptors (Lipinski definition) is 3. The molecule has 2 unspecified atom stereocenters. The molecule has 2 fully saturated rings. The van der Waals surface area contributed by atoms with E-state index < -0.39 is 5.97 Å². The molecule has 2 aliphatic heterocycles. The molecule has 0 aromatic rings. The van der Waals surface area contributed by atoms with Gasteiger partial charge in [0, 0.05) is 12.3 Å². The van der Waals surface area contributed by atoms with E-state index in [1.807, 2.05) is 0 Å². The molecule has 3 nitrogen and oxygen atoms in total. The van der Waals surface area contributed by atoms with Crippen molar-refractivity contribution in [3.05, 3.63) is 0 Å². The third-order valence-corrected chi connectivity index (χ3v) is 2.80. The Morgan fingerprint density at radius 2 is 2.00 bits per heavy atom. The van der Waals surface area contributed by atoms with Gasteiger partial charge in [-0.05, 0) is 19.3 Å². The van der Waals surface area contributed by atoms with E-state index in [2.05, 4.69) is 0 Å². The van der Waals surface area contributed by atoms with E-state index in [0.717, 1.165) is 32.3 Å². The second-order valence-electron chi connectivity index (χ2n) is 3.52. The zero-order valence-corrected chi connectivity index (χ0v) is 8.39. The molecule has 0 aromatic carbocycles. The van der Waals surface area contributed by atoms with Crippen molar-refractivity contribution in [2.45, 2.75) is 37.8 Å². The largest absolute Gasteiger partial charge is 0.327 e. The van der Waals surface area contributed by atoms with Crippen molar-refractivity contribution in [2.24, 2.45) is 0 Å². The minimum absolute atomic E-state index is 0.0854. The van der Waals surface area contributed by atoms with Crippen LogP contribution in [0.15, 0.2) is 0 Å². The number of hydrogen-bond donors (Lipinski definition) is 0. The summed E-state index contributed by atoms with van der Waals surface area (Å²) in [5.74, 6) is -0.232. The summed E-state index contributed by atoms with van der Waals surface area (Å²) in [6, 6.07) is 0. The molecular formula is C9H15ClO3. The normalized spacial score (nSPS) is 40.8. The fraction of sp³-hybridized carbons (Fsp3) is 1.00. The lowest BCUT2D eigenvalue weighted by molar-refractivity contribution is -0.364. The fourth-order valence-electron chi connectivity index (χ4n) is 1.79. The lowest BCUT2D eigenvalue weighted by Gasteiger charge is -2.28. The Kier molecular flexibility index (Phi) is 3.09. The first kappa shape index (κ1) is 9.71. The summed E-state index contributed by atoms with van der Waals surface area (Å²) in [5, 5.41) is 0. The number of ether oxygens (including phenoxy) is 3. The molecule has 0 saturated carbocycles. The molecule has 0 radical (unpaired) electrons. The molecule has 2 rings (SSSR count). The van der Waals surface area contributed by atoms with Crippen LogP contribution in [-0.4, -0.2) is 31.2 Å². The van der Waals surface area contributed by atoms with Crippen LogP contribution in [0.5, 0.6) is 0 Å². The SMILES string of the molecule is ClCC1CCCOC2(CCCO2)O1. The fourth-order valence-corrected chi connectivity index (χ4v) is 2.01. The van der Waals surface area contributed by atoms with E-state index >= 15 is 0 Å². The predicted octanol–water partition coefficient (Wildman–Crippen LogP) is 1.89. The summed E-state index contributed by atoms with van der Waals surface area (Å²) >= 11 is 5.78. The number of halogens is 1. The van der Waals surface area contributed by atoms with E-state index in [9.17, 15) is 0 Å². The van der Waals surface area contributed by atoms with Gasteiger partial charge >= 0.3 is 0 Å². The molecule has 0 bridgehead atoms. The molecular weight excluding hydrogens is 192 g/mol. The Hall–Kier alpha value is 0.170. The van der Waals surface area contributed by atoms with Gasteiger partial charge < -0.3 is 14.2 Å². The minimum atomic E-state index is -0.754. The average Bonchev–Trinajstić information content (AvgIpc) is 2.48. The Labute approximate surface area is 83.3 Å². The molecule has 0 amide bonds. The van der Waals surface area contributed by atoms with Gasteiger partial charge in [0.05, 0.1) is 19.3 Å². The molecule has 76 valence electrons. The zero-order valence-electron chi connectivity index (χ0n) is 7.63. The number of rotatable bonds is 1. The standard InChI is InChI=1S/C9H15ClO3/c10-7-8-3-1-5-11-9(13-8)4-2-6-12-9/h8H,1-7H2. The molecule has 0 N–H and O–H groups in total. The van der Waals surface area contributed by atoms with Crippen LogP contribution in [0.2, 0.25) is 0 Å². The highest BCUT2D eigenvalue weighted by molar-refractivity contribution is 6.18. The molecule has 2 atom stereocenters. The van der Waals surface area contributed by atoms with Crippen molar-refractivity contribution >= 4 is 11.6 Å². The van der Waals surface area contributed by atoms with Crippen molar-refractivity contribution in [3.63, 3.8) is 0 Å². The van der Waals surface area contributed by atoms with Crippen molar-refractivity contribution < 1.29 is 14.2 Å². The van der Waals surface area contributed by atoms with E-state index in [0.29, 0.717) is 12.5 Å². The molecule has 0 aromatic heterocycles. The highest BCUT2D eigenvalue weighted by Crippen LogP contribution is 2.33. The van der Waals surface area contributed by atoms with Crippen LogP contribution in [0.1, 0.15) is 25.7 Å². The first-order chi connectivity index (χ1) is 6.35. The Bertz CT molecular complexity index is 168. The maximum Gasteiger partial charge on any atom is 0.283 e. The van der Waals surface area contributed by atoms with E-state index in [1.54, 1.807) is 0 Å². The maximum absolute atomic E-state index is 5.78. The highest BCUT2D eigenvalue weighted by Gasteiger charge is 2.41. The van der Waals surface area contributed by atoms with Gasteiger partial charge in [-0.2, -0.15) is 0 Å². The lowest BCUT2D eigenvalue weighted by atomic mass is 10.2. The molecule has 2 saturated heterocycles. The monoisotopic (exact) mass is 206 g/mol. The topological polar surface area (TPSA) is 27.7 Å². The Morgan fingerprint density at radius 3 is 2.69 bits per heavy atom. The van der Waals surface area contributed by atoms with Gasteiger partial charge in [0.15, 0.2) is 0 Å². The second-order valence-corrected chi connectivity index (χ2v) is 3.83. The maximum atomic E-state index is 5.78. The molecule has 13 heavy (non-hydrogen) atoms. The Balaban J connectivity index is 2.00. The van der Waals surface area contributed by atoms with Crippen molar-refractivity contribution in [2.75, 3.05) is 19.1 Å². The van der Waals surface area contributed by atoms with Gasteiger partial charge in [0.1, 0.15) is 0 Å². The molecule has 0 aliphatic carbocycles. The molecule has 4 heteroatoms. The van der Waals surface area contributed by atoms with E-state index in [1.165, 1.54) is 0 Å². The summed E-state index contributed by atoms with van der Waals surface area (Å²) in [5.41, 5.74) is 0. The van der Waals surface area contributed by atoms with Gasteiger partial charge in [-0.15, -0.1) is 11.6 Å². The third kappa shape index (κ3) is 2.15. The summed E-state index contributed by atoms with van der Waals surface area (Å²) in [7, 11) is 0. The van der Waals surface area contributed by atoms with Crippen molar-refractivity contribution in [1.82, 2.24) is 0 Å². The third-order valence-electron chi connectivity index (χ3n) is 2.46. The van der Waals surface area contributed by atoms with Gasteiger partial charge in [0.2, 0.25) is 0 Å². The van der Waals surface area contributed by atoms with Crippen LogP contribution >= 0.6 is 11.6 Å². The highest BCUT2D eigenvalue weighted by atomic mass is 35.5. The van der Waals surface area contributed by atoms with Gasteiger partial charge in [-0.25, -0.2) is 0 Å². The average molecular weight is 207 g/mol. The van der Waals surface area contributed by atoms with Gasteiger partial charge in [0.25, 0.3) is 5.97 Å².